The maximum Gasteiger partial charge on any atom is 0.139 e. The molecule has 1 aromatic rings. The highest BCUT2D eigenvalue weighted by atomic mass is 32.1. The predicted octanol–water partition coefficient (Wildman–Crippen LogP) is 1.17. The molecule has 0 atom stereocenters. The van der Waals surface area contributed by atoms with Crippen molar-refractivity contribution >= 4 is 23.0 Å². The first kappa shape index (κ1) is 12.8. The summed E-state index contributed by atoms with van der Waals surface area (Å²) in [6.07, 6.45) is 4.69. The summed E-state index contributed by atoms with van der Waals surface area (Å²) in [6.45, 7) is 1.64. The summed E-state index contributed by atoms with van der Waals surface area (Å²) in [5, 5.41) is 9.61. The third kappa shape index (κ3) is 2.44. The lowest BCUT2D eigenvalue weighted by molar-refractivity contribution is 0.145. The first-order valence-corrected chi connectivity index (χ1v) is 7.31. The van der Waals surface area contributed by atoms with Crippen LogP contribution in [0.15, 0.2) is 6.07 Å². The van der Waals surface area contributed by atoms with Crippen LogP contribution in [0.25, 0.3) is 0 Å². The Balaban J connectivity index is 1.97. The van der Waals surface area contributed by atoms with E-state index in [1.807, 2.05) is 0 Å². The molecule has 1 fully saturated rings. The molecule has 1 aliphatic heterocycles. The fourth-order valence-electron chi connectivity index (χ4n) is 2.96. The highest BCUT2D eigenvalue weighted by Gasteiger charge is 2.24. The summed E-state index contributed by atoms with van der Waals surface area (Å²) < 4.78 is 0. The number of rotatable bonds is 2. The van der Waals surface area contributed by atoms with Crippen molar-refractivity contribution in [3.8, 4) is 0 Å². The fourth-order valence-corrected chi connectivity index (χ4v) is 3.11. The molecule has 0 aromatic carbocycles. The molecule has 0 saturated carbocycles. The number of nitrogens with zero attached hydrogens (tertiary/aromatic N) is 2. The number of aromatic nitrogens is 1. The molecule has 0 unspecified atom stereocenters. The second kappa shape index (κ2) is 5.06. The third-order valence-electron chi connectivity index (χ3n) is 4.06. The lowest BCUT2D eigenvalue weighted by Crippen LogP contribution is -2.37. The van der Waals surface area contributed by atoms with Crippen molar-refractivity contribution in [2.45, 2.75) is 38.2 Å². The highest BCUT2D eigenvalue weighted by Crippen LogP contribution is 2.29. The van der Waals surface area contributed by atoms with Crippen LogP contribution < -0.4 is 10.6 Å². The number of aliphatic hydroxyl groups is 1. The van der Waals surface area contributed by atoms with Gasteiger partial charge in [-0.25, -0.2) is 4.98 Å². The molecule has 3 N–H and O–H groups in total. The number of hydrogen-bond acceptors (Lipinski definition) is 4. The lowest BCUT2D eigenvalue weighted by Gasteiger charge is -2.32. The Hall–Kier alpha value is -1.20. The van der Waals surface area contributed by atoms with Gasteiger partial charge in [0.15, 0.2) is 0 Å². The molecule has 0 amide bonds. The van der Waals surface area contributed by atoms with E-state index < -0.39 is 0 Å². The molecule has 3 rings (SSSR count). The summed E-state index contributed by atoms with van der Waals surface area (Å²) in [7, 11) is 0. The standard InChI is InChI=1S/C14H19N3OS/c15-13(19)11-8-9-2-1-3-12(9)16-14(11)17-6-4-10(18)5-7-17/h8,10,18H,1-7H2,(H2,15,19). The van der Waals surface area contributed by atoms with Gasteiger partial charge in [0.2, 0.25) is 0 Å². The van der Waals surface area contributed by atoms with Crippen LogP contribution in [0.3, 0.4) is 0 Å². The van der Waals surface area contributed by atoms with Gasteiger partial charge in [0, 0.05) is 18.8 Å². The largest absolute Gasteiger partial charge is 0.393 e. The minimum absolute atomic E-state index is 0.182. The Morgan fingerprint density at radius 1 is 1.37 bits per heavy atom. The van der Waals surface area contributed by atoms with Gasteiger partial charge < -0.3 is 15.7 Å². The van der Waals surface area contributed by atoms with E-state index in [4.69, 9.17) is 22.9 Å². The average Bonchev–Trinajstić information content (AvgIpc) is 2.85. The van der Waals surface area contributed by atoms with Crippen LogP contribution in [0.2, 0.25) is 0 Å². The second-order valence-electron chi connectivity index (χ2n) is 5.40. The van der Waals surface area contributed by atoms with Gasteiger partial charge in [0.1, 0.15) is 10.8 Å². The van der Waals surface area contributed by atoms with Crippen molar-refractivity contribution in [1.82, 2.24) is 4.98 Å². The number of fused-ring (bicyclic) bond motifs is 1. The first-order chi connectivity index (χ1) is 9.15. The molecule has 0 radical (unpaired) electrons. The number of thiocarbonyl (C=S) groups is 1. The van der Waals surface area contributed by atoms with Gasteiger partial charge in [-0.15, -0.1) is 0 Å². The van der Waals surface area contributed by atoms with E-state index in [9.17, 15) is 5.11 Å². The molecule has 1 aliphatic carbocycles. The highest BCUT2D eigenvalue weighted by molar-refractivity contribution is 7.80. The first-order valence-electron chi connectivity index (χ1n) is 6.91. The molecule has 0 spiro atoms. The summed E-state index contributed by atoms with van der Waals surface area (Å²) in [4.78, 5) is 7.43. The average molecular weight is 277 g/mol. The molecule has 2 aliphatic rings. The summed E-state index contributed by atoms with van der Waals surface area (Å²) >= 11 is 5.17. The number of pyridine rings is 1. The molecule has 0 bridgehead atoms. The van der Waals surface area contributed by atoms with Crippen LogP contribution in [-0.2, 0) is 12.8 Å². The molecule has 102 valence electrons. The quantitative estimate of drug-likeness (QED) is 0.795. The zero-order valence-corrected chi connectivity index (χ0v) is 11.7. The monoisotopic (exact) mass is 277 g/mol. The number of hydrogen-bond donors (Lipinski definition) is 2. The maximum atomic E-state index is 9.61. The van der Waals surface area contributed by atoms with Crippen LogP contribution in [0.1, 0.15) is 36.1 Å². The second-order valence-corrected chi connectivity index (χ2v) is 5.84. The third-order valence-corrected chi connectivity index (χ3v) is 4.28. The van der Waals surface area contributed by atoms with E-state index in [1.165, 1.54) is 17.7 Å². The smallest absolute Gasteiger partial charge is 0.139 e. The van der Waals surface area contributed by atoms with Gasteiger partial charge in [-0.3, -0.25) is 0 Å². The van der Waals surface area contributed by atoms with E-state index >= 15 is 0 Å². The Labute approximate surface area is 118 Å². The maximum absolute atomic E-state index is 9.61. The Morgan fingerprint density at radius 3 is 2.79 bits per heavy atom. The molecule has 5 heteroatoms. The van der Waals surface area contributed by atoms with Crippen LogP contribution in [0, 0.1) is 0 Å². The molecule has 1 aromatic heterocycles. The lowest BCUT2D eigenvalue weighted by atomic mass is 10.1. The minimum atomic E-state index is -0.182. The molecule has 19 heavy (non-hydrogen) atoms. The van der Waals surface area contributed by atoms with E-state index in [-0.39, 0.29) is 6.10 Å². The number of anilines is 1. The Bertz CT molecular complexity index is 510. The zero-order chi connectivity index (χ0) is 13.4. The van der Waals surface area contributed by atoms with E-state index in [0.29, 0.717) is 4.99 Å². The van der Waals surface area contributed by atoms with E-state index in [0.717, 1.165) is 50.2 Å². The minimum Gasteiger partial charge on any atom is -0.393 e. The van der Waals surface area contributed by atoms with Gasteiger partial charge in [0.25, 0.3) is 0 Å². The Kier molecular flexibility index (Phi) is 3.41. The van der Waals surface area contributed by atoms with Gasteiger partial charge in [-0.1, -0.05) is 12.2 Å². The molecule has 4 nitrogen and oxygen atoms in total. The van der Waals surface area contributed by atoms with Crippen molar-refractivity contribution in [3.05, 3.63) is 22.9 Å². The van der Waals surface area contributed by atoms with Crippen molar-refractivity contribution in [1.29, 1.82) is 0 Å². The zero-order valence-electron chi connectivity index (χ0n) is 10.9. The normalized spacial score (nSPS) is 19.5. The van der Waals surface area contributed by atoms with Crippen LogP contribution in [-0.4, -0.2) is 34.3 Å². The predicted molar refractivity (Wildman–Crippen MR) is 79.6 cm³/mol. The van der Waals surface area contributed by atoms with Gasteiger partial charge in [-0.05, 0) is 43.7 Å². The van der Waals surface area contributed by atoms with Gasteiger partial charge in [0.05, 0.1) is 11.7 Å². The van der Waals surface area contributed by atoms with Crippen LogP contribution in [0.4, 0.5) is 5.82 Å². The van der Waals surface area contributed by atoms with Crippen molar-refractivity contribution in [2.24, 2.45) is 5.73 Å². The summed E-state index contributed by atoms with van der Waals surface area (Å²) in [6, 6.07) is 2.12. The van der Waals surface area contributed by atoms with E-state index in [2.05, 4.69) is 11.0 Å². The molecular weight excluding hydrogens is 258 g/mol. The van der Waals surface area contributed by atoms with Gasteiger partial charge in [-0.2, -0.15) is 0 Å². The topological polar surface area (TPSA) is 62.4 Å². The molecular formula is C14H19N3OS. The number of nitrogens with two attached hydrogens (primary N) is 1. The number of aliphatic hydroxyl groups excluding tert-OH is 1. The van der Waals surface area contributed by atoms with Crippen molar-refractivity contribution < 1.29 is 5.11 Å². The summed E-state index contributed by atoms with van der Waals surface area (Å²) in [5.74, 6) is 0.917. The number of aryl methyl sites for hydroxylation is 2. The Morgan fingerprint density at radius 2 is 2.11 bits per heavy atom. The van der Waals surface area contributed by atoms with Gasteiger partial charge >= 0.3 is 0 Å². The van der Waals surface area contributed by atoms with Crippen molar-refractivity contribution in [2.75, 3.05) is 18.0 Å². The van der Waals surface area contributed by atoms with E-state index in [1.54, 1.807) is 0 Å². The van der Waals surface area contributed by atoms with Crippen LogP contribution >= 0.6 is 12.2 Å². The SMILES string of the molecule is NC(=S)c1cc2c(nc1N1CCC(O)CC1)CCC2. The molecule has 2 heterocycles. The fraction of sp³-hybridized carbons (Fsp3) is 0.571. The molecule has 1 saturated heterocycles. The van der Waals surface area contributed by atoms with Crippen LogP contribution in [0.5, 0.6) is 0 Å². The number of piperidine rings is 1. The van der Waals surface area contributed by atoms with Crippen molar-refractivity contribution in [3.63, 3.8) is 0 Å². The summed E-state index contributed by atoms with van der Waals surface area (Å²) in [5.41, 5.74) is 9.24.